The van der Waals surface area contributed by atoms with Crippen LogP contribution < -0.4 is 15.8 Å². The van der Waals surface area contributed by atoms with Crippen LogP contribution in [0.25, 0.3) is 0 Å². The van der Waals surface area contributed by atoms with Gasteiger partial charge in [-0.3, -0.25) is 4.79 Å². The summed E-state index contributed by atoms with van der Waals surface area (Å²) < 4.78 is 5.18. The summed E-state index contributed by atoms with van der Waals surface area (Å²) in [6, 6.07) is 11.6. The molecule has 1 heterocycles. The third kappa shape index (κ3) is 2.57. The zero-order valence-electron chi connectivity index (χ0n) is 12.8. The van der Waals surface area contributed by atoms with Gasteiger partial charge in [0.2, 0.25) is 5.91 Å². The average molecular weight is 296 g/mol. The number of hydrogen-bond donors (Lipinski definition) is 2. The number of benzene rings is 2. The monoisotopic (exact) mass is 296 g/mol. The molecule has 4 nitrogen and oxygen atoms in total. The fraction of sp³-hybridized carbons (Fsp3) is 0.278. The topological polar surface area (TPSA) is 64.3 Å². The summed E-state index contributed by atoms with van der Waals surface area (Å²) in [6.45, 7) is 2.11. The maximum Gasteiger partial charge on any atom is 0.228 e. The number of methoxy groups -OCH3 is 1. The van der Waals surface area contributed by atoms with Crippen LogP contribution in [0.15, 0.2) is 36.4 Å². The first-order valence-electron chi connectivity index (χ1n) is 7.47. The van der Waals surface area contributed by atoms with E-state index in [0.29, 0.717) is 6.42 Å². The molecule has 1 unspecified atom stereocenters. The Morgan fingerprint density at radius 1 is 1.27 bits per heavy atom. The van der Waals surface area contributed by atoms with E-state index >= 15 is 0 Å². The maximum absolute atomic E-state index is 11.7. The van der Waals surface area contributed by atoms with Crippen LogP contribution in [0.2, 0.25) is 0 Å². The molecule has 4 heteroatoms. The second-order valence-electron chi connectivity index (χ2n) is 5.55. The number of nitrogens with one attached hydrogen (secondary N) is 1. The largest absolute Gasteiger partial charge is 0.497 e. The first kappa shape index (κ1) is 14.6. The summed E-state index contributed by atoms with van der Waals surface area (Å²) in [4.78, 5) is 11.7. The molecule has 22 heavy (non-hydrogen) atoms. The lowest BCUT2D eigenvalue weighted by molar-refractivity contribution is -0.115. The molecule has 114 valence electrons. The Balaban J connectivity index is 2.02. The highest BCUT2D eigenvalue weighted by Gasteiger charge is 2.24. The molecule has 2 aromatic carbocycles. The number of carbonyl (C=O) groups excluding carboxylic acids is 1. The molecule has 0 saturated heterocycles. The lowest BCUT2D eigenvalue weighted by Crippen LogP contribution is -2.15. The van der Waals surface area contributed by atoms with E-state index in [1.54, 1.807) is 7.11 Å². The molecular formula is C18H20N2O2. The normalized spacial score (nSPS) is 14.4. The zero-order chi connectivity index (χ0) is 15.7. The van der Waals surface area contributed by atoms with Gasteiger partial charge in [0.05, 0.1) is 19.6 Å². The molecule has 1 aliphatic heterocycles. The van der Waals surface area contributed by atoms with Gasteiger partial charge in [0.25, 0.3) is 0 Å². The van der Waals surface area contributed by atoms with Gasteiger partial charge in [0.1, 0.15) is 5.75 Å². The second-order valence-corrected chi connectivity index (χ2v) is 5.55. The van der Waals surface area contributed by atoms with E-state index in [2.05, 4.69) is 24.4 Å². The van der Waals surface area contributed by atoms with Gasteiger partial charge in [0, 0.05) is 5.69 Å². The molecule has 1 amide bonds. The highest BCUT2D eigenvalue weighted by molar-refractivity contribution is 6.00. The quantitative estimate of drug-likeness (QED) is 0.912. The molecule has 0 saturated carbocycles. The number of ether oxygens (including phenoxy) is 1. The first-order valence-corrected chi connectivity index (χ1v) is 7.47. The fourth-order valence-corrected chi connectivity index (χ4v) is 2.88. The molecule has 3 N–H and O–H groups in total. The van der Waals surface area contributed by atoms with E-state index in [-0.39, 0.29) is 11.9 Å². The SMILES string of the molecule is CCc1cc2c(c(C(N)c3ccc(OC)cc3)c1)NC(=O)C2. The number of hydrogen-bond acceptors (Lipinski definition) is 3. The van der Waals surface area contributed by atoms with Crippen molar-refractivity contribution in [1.82, 2.24) is 0 Å². The van der Waals surface area contributed by atoms with Crippen LogP contribution in [0.4, 0.5) is 5.69 Å². The highest BCUT2D eigenvalue weighted by atomic mass is 16.5. The Kier molecular flexibility index (Phi) is 3.86. The molecule has 1 aliphatic rings. The Hall–Kier alpha value is -2.33. The average Bonchev–Trinajstić information content (AvgIpc) is 2.93. The van der Waals surface area contributed by atoms with Crippen LogP contribution in [-0.4, -0.2) is 13.0 Å². The van der Waals surface area contributed by atoms with Gasteiger partial charge in [-0.2, -0.15) is 0 Å². The molecule has 2 aromatic rings. The molecule has 0 bridgehead atoms. The minimum Gasteiger partial charge on any atom is -0.497 e. The lowest BCUT2D eigenvalue weighted by atomic mass is 9.93. The van der Waals surface area contributed by atoms with Crippen molar-refractivity contribution in [2.75, 3.05) is 12.4 Å². The number of nitrogens with two attached hydrogens (primary N) is 1. The third-order valence-electron chi connectivity index (χ3n) is 4.14. The Bertz CT molecular complexity index is 708. The molecule has 0 spiro atoms. The van der Waals surface area contributed by atoms with Gasteiger partial charge in [-0.1, -0.05) is 31.2 Å². The van der Waals surface area contributed by atoms with E-state index < -0.39 is 0 Å². The summed E-state index contributed by atoms with van der Waals surface area (Å²) in [7, 11) is 1.64. The van der Waals surface area contributed by atoms with Gasteiger partial charge in [0.15, 0.2) is 0 Å². The van der Waals surface area contributed by atoms with E-state index in [1.807, 2.05) is 24.3 Å². The van der Waals surface area contributed by atoms with Crippen molar-refractivity contribution in [3.63, 3.8) is 0 Å². The van der Waals surface area contributed by atoms with E-state index in [9.17, 15) is 4.79 Å². The van der Waals surface area contributed by atoms with Gasteiger partial charge in [-0.15, -0.1) is 0 Å². The van der Waals surface area contributed by atoms with Crippen molar-refractivity contribution < 1.29 is 9.53 Å². The fourth-order valence-electron chi connectivity index (χ4n) is 2.88. The van der Waals surface area contributed by atoms with E-state index in [0.717, 1.165) is 34.5 Å². The van der Waals surface area contributed by atoms with Gasteiger partial charge in [-0.25, -0.2) is 0 Å². The molecule has 3 rings (SSSR count). The van der Waals surface area contributed by atoms with Crippen LogP contribution in [0, 0.1) is 0 Å². The predicted octanol–water partition coefficient (Wildman–Crippen LogP) is 2.80. The number of amides is 1. The lowest BCUT2D eigenvalue weighted by Gasteiger charge is -2.18. The van der Waals surface area contributed by atoms with Crippen LogP contribution in [0.1, 0.15) is 35.2 Å². The highest BCUT2D eigenvalue weighted by Crippen LogP contribution is 2.35. The number of rotatable bonds is 4. The van der Waals surface area contributed by atoms with E-state index in [1.165, 1.54) is 5.56 Å². The van der Waals surface area contributed by atoms with Crippen molar-refractivity contribution in [3.05, 3.63) is 58.7 Å². The zero-order valence-corrected chi connectivity index (χ0v) is 12.8. The van der Waals surface area contributed by atoms with Crippen molar-refractivity contribution in [2.45, 2.75) is 25.8 Å². The predicted molar refractivity (Wildman–Crippen MR) is 87.2 cm³/mol. The molecule has 0 aliphatic carbocycles. The molecule has 0 radical (unpaired) electrons. The smallest absolute Gasteiger partial charge is 0.228 e. The first-order chi connectivity index (χ1) is 10.6. The number of aryl methyl sites for hydroxylation is 1. The summed E-state index contributed by atoms with van der Waals surface area (Å²) in [5.41, 5.74) is 11.6. The number of fused-ring (bicyclic) bond motifs is 1. The second kappa shape index (κ2) is 5.81. The standard InChI is InChI=1S/C18H20N2O2/c1-3-11-8-13-10-16(21)20-18(13)15(9-11)17(19)12-4-6-14(22-2)7-5-12/h4-9,17H,3,10,19H2,1-2H3,(H,20,21). The van der Waals surface area contributed by atoms with Crippen molar-refractivity contribution in [1.29, 1.82) is 0 Å². The van der Waals surface area contributed by atoms with E-state index in [4.69, 9.17) is 10.5 Å². The summed E-state index contributed by atoms with van der Waals surface area (Å²) in [5.74, 6) is 0.836. The van der Waals surface area contributed by atoms with Crippen molar-refractivity contribution in [3.8, 4) is 5.75 Å². The number of anilines is 1. The van der Waals surface area contributed by atoms with Gasteiger partial charge < -0.3 is 15.8 Å². The molecule has 0 fully saturated rings. The molecule has 0 aromatic heterocycles. The molecular weight excluding hydrogens is 276 g/mol. The minimum atomic E-state index is -0.274. The van der Waals surface area contributed by atoms with Crippen LogP contribution in [-0.2, 0) is 17.6 Å². The maximum atomic E-state index is 11.7. The Morgan fingerprint density at radius 2 is 2.00 bits per heavy atom. The van der Waals surface area contributed by atoms with Crippen LogP contribution in [0.5, 0.6) is 5.75 Å². The van der Waals surface area contributed by atoms with Crippen molar-refractivity contribution >= 4 is 11.6 Å². The summed E-state index contributed by atoms with van der Waals surface area (Å²) in [5, 5.41) is 2.95. The Labute approximate surface area is 130 Å². The molecule has 1 atom stereocenters. The Morgan fingerprint density at radius 3 is 2.64 bits per heavy atom. The van der Waals surface area contributed by atoms with Gasteiger partial charge in [-0.05, 0) is 40.8 Å². The van der Waals surface area contributed by atoms with Crippen molar-refractivity contribution in [2.24, 2.45) is 5.73 Å². The van der Waals surface area contributed by atoms with Crippen LogP contribution >= 0.6 is 0 Å². The number of carbonyl (C=O) groups is 1. The third-order valence-corrected chi connectivity index (χ3v) is 4.14. The van der Waals surface area contributed by atoms with Crippen LogP contribution in [0.3, 0.4) is 0 Å². The summed E-state index contributed by atoms with van der Waals surface area (Å²) >= 11 is 0. The summed E-state index contributed by atoms with van der Waals surface area (Å²) in [6.07, 6.45) is 1.36. The minimum absolute atomic E-state index is 0.0337. The van der Waals surface area contributed by atoms with Gasteiger partial charge >= 0.3 is 0 Å².